The number of hydrogen-bond donors (Lipinski definition) is 0. The number of allylic oxidation sites excluding steroid dienone is 7. The van der Waals surface area contributed by atoms with Gasteiger partial charge in [0.05, 0.1) is 42.7 Å². The number of rotatable bonds is 5. The Balaban J connectivity index is 0.553. The summed E-state index contributed by atoms with van der Waals surface area (Å²) in [6.45, 7) is 0. The molecule has 35 atom stereocenters. The van der Waals surface area contributed by atoms with Crippen LogP contribution >= 0.6 is 0 Å². The van der Waals surface area contributed by atoms with Gasteiger partial charge in [0.1, 0.15) is 11.9 Å². The number of nitrogens with zero attached hydrogens (tertiary/aromatic N) is 4. The predicted molar refractivity (Wildman–Crippen MR) is 422 cm³/mol. The normalized spacial score (nSPS) is 54.2. The standard InChI is InChI=1S/C98H142N4O4/c1-11-37-78-62(24-1)63-25-2-12-38-79(63)99(78)61-52-54-74-93(58-61)105-94-75(97(74)70-30-7-17-46-89(70)103-90-47-18-8-31-71(90)97)34-21-43-85(94)102-82-41-15-5-28-66(82)68-53-50-60(57-88(68)102)59-51-55-84-69(56-59)67-29-6-16-42-83(67)101(84)87-45-23-36-77-96(87)106-95-76(98(77)72-32-9-19-48-91(72)104-92-49-20-10-33-73(92)98)35-22-44-86(95)100-80-39-13-3-26-64(80)65-27-4-14-40-81(65)100/h17,31-32,46,48,50,53,59-64,66-70,73-80,82-90,92-96H,1-16,18-30,33-45,47,49,51-52,54-58H2. The molecule has 24 aliphatic rings. The first-order valence-corrected chi connectivity index (χ1v) is 48.5. The minimum absolute atomic E-state index is 0.168. The summed E-state index contributed by atoms with van der Waals surface area (Å²) < 4.78 is 32.4. The van der Waals surface area contributed by atoms with E-state index >= 15 is 0 Å². The summed E-state index contributed by atoms with van der Waals surface area (Å²) >= 11 is 0. The zero-order chi connectivity index (χ0) is 69.1. The quantitative estimate of drug-likeness (QED) is 0.253. The maximum Gasteiger partial charge on any atom is 0.119 e. The molecule has 0 bridgehead atoms. The maximum atomic E-state index is 8.78. The third-order valence-corrected chi connectivity index (χ3v) is 39.5. The van der Waals surface area contributed by atoms with Crippen molar-refractivity contribution in [1.29, 1.82) is 0 Å². The molecular formula is C98H142N4O4. The molecule has 0 amide bonds. The highest BCUT2D eigenvalue weighted by molar-refractivity contribution is 5.44. The van der Waals surface area contributed by atoms with E-state index in [2.05, 4.69) is 62.1 Å². The average Bonchev–Trinajstić information content (AvgIpc) is 0.816. The highest BCUT2D eigenvalue weighted by Crippen LogP contribution is 2.73. The molecule has 2 spiro atoms. The molecule has 0 aromatic heterocycles. The Kier molecular flexibility index (Phi) is 17.5. The van der Waals surface area contributed by atoms with Crippen LogP contribution in [0.1, 0.15) is 327 Å². The predicted octanol–water partition coefficient (Wildman–Crippen LogP) is 21.4. The monoisotopic (exact) mass is 1440 g/mol. The highest BCUT2D eigenvalue weighted by Gasteiger charge is 2.73. The van der Waals surface area contributed by atoms with E-state index < -0.39 is 0 Å². The van der Waals surface area contributed by atoms with Crippen LogP contribution in [0.3, 0.4) is 0 Å². The lowest BCUT2D eigenvalue weighted by Gasteiger charge is -2.69. The molecule has 0 N–H and O–H groups in total. The molecule has 8 aliphatic heterocycles. The van der Waals surface area contributed by atoms with Crippen LogP contribution in [0.2, 0.25) is 0 Å². The lowest BCUT2D eigenvalue weighted by Crippen LogP contribution is -2.72. The number of fused-ring (bicyclic) bond motifs is 27. The summed E-state index contributed by atoms with van der Waals surface area (Å²) in [4.78, 5) is 13.5. The summed E-state index contributed by atoms with van der Waals surface area (Å²) in [5.74, 6) is 12.6. The first-order chi connectivity index (χ1) is 52.6. The van der Waals surface area contributed by atoms with Crippen molar-refractivity contribution in [2.75, 3.05) is 0 Å². The second kappa shape index (κ2) is 27.2. The Morgan fingerprint density at radius 3 is 1.76 bits per heavy atom. The second-order valence-electron chi connectivity index (χ2n) is 42.7. The van der Waals surface area contributed by atoms with Crippen molar-refractivity contribution in [2.24, 2.45) is 99.6 Å². The summed E-state index contributed by atoms with van der Waals surface area (Å²) in [5.41, 5.74) is 7.78. The number of hydrogen-bond acceptors (Lipinski definition) is 8. The molecule has 0 radical (unpaired) electrons. The van der Waals surface area contributed by atoms with Crippen LogP contribution in [0.25, 0.3) is 0 Å². The zero-order valence-corrected chi connectivity index (χ0v) is 66.1. The molecule has 8 nitrogen and oxygen atoms in total. The highest BCUT2D eigenvalue weighted by atomic mass is 16.5. The average molecular weight is 1440 g/mol. The molecular weight excluding hydrogens is 1300 g/mol. The fraction of sp³-hybridized carbons (Fsp3) is 0.878. The molecule has 0 aromatic carbocycles. The molecule has 24 rings (SSSR count). The van der Waals surface area contributed by atoms with Gasteiger partial charge >= 0.3 is 0 Å². The molecule has 578 valence electrons. The van der Waals surface area contributed by atoms with Gasteiger partial charge in [-0.3, -0.25) is 14.7 Å². The summed E-state index contributed by atoms with van der Waals surface area (Å²) in [5, 5.41) is 0. The van der Waals surface area contributed by atoms with E-state index in [-0.39, 0.29) is 16.9 Å². The van der Waals surface area contributed by atoms with Crippen molar-refractivity contribution in [3.8, 4) is 0 Å². The molecule has 0 aromatic rings. The fourth-order valence-electron chi connectivity index (χ4n) is 36.8. The zero-order valence-electron chi connectivity index (χ0n) is 66.1. The molecule has 11 saturated carbocycles. The smallest absolute Gasteiger partial charge is 0.119 e. The van der Waals surface area contributed by atoms with Crippen molar-refractivity contribution >= 4 is 0 Å². The van der Waals surface area contributed by atoms with Crippen molar-refractivity contribution in [2.45, 2.75) is 437 Å². The van der Waals surface area contributed by atoms with Crippen LogP contribution in [0.5, 0.6) is 0 Å². The molecule has 7 saturated heterocycles. The van der Waals surface area contributed by atoms with Gasteiger partial charge in [0.15, 0.2) is 0 Å². The van der Waals surface area contributed by atoms with Gasteiger partial charge in [-0.25, -0.2) is 0 Å². The van der Waals surface area contributed by atoms with Crippen LogP contribution in [0.4, 0.5) is 0 Å². The van der Waals surface area contributed by atoms with Crippen LogP contribution in [0, 0.1) is 99.6 Å². The molecule has 8 heterocycles. The van der Waals surface area contributed by atoms with Gasteiger partial charge in [-0.2, -0.15) is 0 Å². The van der Waals surface area contributed by atoms with Gasteiger partial charge in [0, 0.05) is 88.8 Å². The Labute approximate surface area is 641 Å². The van der Waals surface area contributed by atoms with Crippen LogP contribution in [-0.4, -0.2) is 129 Å². The molecule has 18 fully saturated rings. The van der Waals surface area contributed by atoms with E-state index in [1.54, 1.807) is 5.57 Å². The minimum Gasteiger partial charge on any atom is -0.490 e. The number of likely N-dealkylation sites (tertiary alicyclic amines) is 3. The first kappa shape index (κ1) is 68.2. The van der Waals surface area contributed by atoms with E-state index in [0.717, 1.165) is 90.0 Å². The molecule has 8 heteroatoms. The fourth-order valence-corrected chi connectivity index (χ4v) is 36.8. The summed E-state index contributed by atoms with van der Waals surface area (Å²) in [6, 6.07) is 7.67. The van der Waals surface area contributed by atoms with Crippen LogP contribution in [-0.2, 0) is 18.9 Å². The third kappa shape index (κ3) is 10.1. The Morgan fingerprint density at radius 2 is 0.962 bits per heavy atom. The minimum atomic E-state index is 0.168. The van der Waals surface area contributed by atoms with Gasteiger partial charge in [0.2, 0.25) is 0 Å². The van der Waals surface area contributed by atoms with Gasteiger partial charge in [-0.05, 0) is 337 Å². The van der Waals surface area contributed by atoms with Crippen LogP contribution < -0.4 is 0 Å². The summed E-state index contributed by atoms with van der Waals surface area (Å²) in [7, 11) is 0. The Morgan fingerprint density at radius 1 is 0.349 bits per heavy atom. The van der Waals surface area contributed by atoms with Gasteiger partial charge in [0.25, 0.3) is 0 Å². The Hall–Kier alpha value is -2.20. The van der Waals surface area contributed by atoms with Gasteiger partial charge in [-0.15, -0.1) is 0 Å². The topological polar surface area (TPSA) is 49.9 Å². The Bertz CT molecular complexity index is 3470. The lowest BCUT2D eigenvalue weighted by molar-refractivity contribution is -0.268. The van der Waals surface area contributed by atoms with E-state index in [9.17, 15) is 0 Å². The maximum absolute atomic E-state index is 8.78. The van der Waals surface area contributed by atoms with Gasteiger partial charge < -0.3 is 23.8 Å². The van der Waals surface area contributed by atoms with E-state index in [4.69, 9.17) is 18.9 Å². The van der Waals surface area contributed by atoms with Crippen LogP contribution in [0.15, 0.2) is 70.7 Å². The van der Waals surface area contributed by atoms with Crippen molar-refractivity contribution in [3.63, 3.8) is 0 Å². The summed E-state index contributed by atoms with van der Waals surface area (Å²) in [6.07, 6.45) is 93.3. The van der Waals surface area contributed by atoms with Crippen molar-refractivity contribution in [1.82, 2.24) is 19.6 Å². The van der Waals surface area contributed by atoms with Gasteiger partial charge in [-0.1, -0.05) is 126 Å². The molecule has 35 unspecified atom stereocenters. The van der Waals surface area contributed by atoms with E-state index in [1.807, 2.05) is 16.8 Å². The second-order valence-corrected chi connectivity index (χ2v) is 42.7. The lowest BCUT2D eigenvalue weighted by atomic mass is 9.43. The van der Waals surface area contributed by atoms with E-state index in [0.29, 0.717) is 108 Å². The third-order valence-electron chi connectivity index (χ3n) is 39.5. The number of ether oxygens (including phenoxy) is 4. The first-order valence-electron chi connectivity index (χ1n) is 48.5. The molecule has 106 heavy (non-hydrogen) atoms. The van der Waals surface area contributed by atoms with E-state index in [1.165, 1.54) is 327 Å². The van der Waals surface area contributed by atoms with Crippen molar-refractivity contribution in [3.05, 3.63) is 70.7 Å². The molecule has 16 aliphatic carbocycles. The largest absolute Gasteiger partial charge is 0.490 e. The SMILES string of the molecule is C1=CC2OC3CCCC=C3C3(C2CC1)C1CCC(N2C4CCCCC4C4CCCCC42)CC1OC1C(N2C4CC(C5CCC6C(C5)C5CCCCC5N6C5CCCC6C5OC5C(N7C8=C(CCCC8)C8CCCCC87)CCCC5C65C6=CCCC=C6OC6CCCCC65)C=CC4C4CCCCC42)CCCC13. The van der Waals surface area contributed by atoms with Crippen molar-refractivity contribution < 1.29 is 18.9 Å².